The van der Waals surface area contributed by atoms with Gasteiger partial charge in [0.25, 0.3) is 0 Å². The van der Waals surface area contributed by atoms with E-state index in [0.29, 0.717) is 0 Å². The fourth-order valence-corrected chi connectivity index (χ4v) is 4.02. The third kappa shape index (κ3) is 8.21. The monoisotopic (exact) mass is 414 g/mol. The summed E-state index contributed by atoms with van der Waals surface area (Å²) < 4.78 is 27.4. The first-order valence-corrected chi connectivity index (χ1v) is 11.4. The van der Waals surface area contributed by atoms with Gasteiger partial charge >= 0.3 is 0 Å². The zero-order valence-electron chi connectivity index (χ0n) is 17.2. The number of sulfonamides is 1. The number of amides is 1. The van der Waals surface area contributed by atoms with E-state index in [1.54, 1.807) is 0 Å². The van der Waals surface area contributed by atoms with Gasteiger partial charge in [-0.2, -0.15) is 4.72 Å². The van der Waals surface area contributed by atoms with Crippen LogP contribution >= 0.6 is 0 Å². The lowest BCUT2D eigenvalue weighted by Gasteiger charge is -2.23. The normalized spacial score (nSPS) is 14.1. The summed E-state index contributed by atoms with van der Waals surface area (Å²) >= 11 is 0. The number of hydrogen-bond donors (Lipinski definition) is 2. The fraction of sp³-hybridized carbons (Fsp3) is 0.348. The van der Waals surface area contributed by atoms with E-state index in [1.807, 2.05) is 69.3 Å². The van der Waals surface area contributed by atoms with E-state index in [1.165, 1.54) is 11.6 Å². The number of carbonyl (C=O) groups is 1. The molecule has 1 unspecified atom stereocenters. The quantitative estimate of drug-likeness (QED) is 0.622. The van der Waals surface area contributed by atoms with Crippen molar-refractivity contribution in [2.24, 2.45) is 5.92 Å². The lowest BCUT2D eigenvalue weighted by molar-refractivity contribution is -0.124. The maximum atomic E-state index is 12.7. The van der Waals surface area contributed by atoms with Gasteiger partial charge in [-0.3, -0.25) is 4.79 Å². The average Bonchev–Trinajstić information content (AvgIpc) is 2.70. The summed E-state index contributed by atoms with van der Waals surface area (Å²) in [5, 5.41) is 4.04. The molecule has 2 aromatic carbocycles. The number of hydrogen-bond acceptors (Lipinski definition) is 3. The molecule has 2 N–H and O–H groups in total. The molecule has 0 radical (unpaired) electrons. The van der Waals surface area contributed by atoms with Crippen LogP contribution in [0.25, 0.3) is 6.08 Å². The fourth-order valence-electron chi connectivity index (χ4n) is 2.87. The number of nitrogens with one attached hydrogen (secondary N) is 2. The summed E-state index contributed by atoms with van der Waals surface area (Å²) in [7, 11) is -3.75. The molecule has 0 aliphatic carbocycles. The average molecular weight is 415 g/mol. The second kappa shape index (κ2) is 10.9. The van der Waals surface area contributed by atoms with Gasteiger partial charge in [0.05, 0.1) is 0 Å². The van der Waals surface area contributed by atoms with E-state index < -0.39 is 16.1 Å². The third-order valence-electron chi connectivity index (χ3n) is 4.58. The first-order chi connectivity index (χ1) is 13.8. The Labute approximate surface area is 174 Å². The minimum absolute atomic E-state index is 0.0617. The van der Waals surface area contributed by atoms with Crippen LogP contribution in [0.4, 0.5) is 0 Å². The molecule has 0 aliphatic rings. The van der Waals surface area contributed by atoms with E-state index in [-0.39, 0.29) is 17.9 Å². The lowest BCUT2D eigenvalue weighted by atomic mass is 10.0. The van der Waals surface area contributed by atoms with E-state index >= 15 is 0 Å². The molecule has 6 heteroatoms. The van der Waals surface area contributed by atoms with Crippen LogP contribution in [0.5, 0.6) is 0 Å². The van der Waals surface area contributed by atoms with Crippen molar-refractivity contribution < 1.29 is 13.2 Å². The largest absolute Gasteiger partial charge is 0.352 e. The molecule has 0 bridgehead atoms. The van der Waals surface area contributed by atoms with Gasteiger partial charge in [-0.15, -0.1) is 0 Å². The molecule has 2 rings (SSSR count). The second-order valence-corrected chi connectivity index (χ2v) is 9.13. The minimum atomic E-state index is -3.75. The Balaban J connectivity index is 1.95. The van der Waals surface area contributed by atoms with Crippen molar-refractivity contribution in [1.82, 2.24) is 10.0 Å². The van der Waals surface area contributed by atoms with Gasteiger partial charge in [0.2, 0.25) is 15.9 Å². The first-order valence-electron chi connectivity index (χ1n) is 9.86. The molecule has 5 nitrogen and oxygen atoms in total. The molecule has 1 amide bonds. The number of aryl methyl sites for hydroxylation is 1. The van der Waals surface area contributed by atoms with Crippen LogP contribution in [0.1, 0.15) is 38.3 Å². The van der Waals surface area contributed by atoms with Gasteiger partial charge in [-0.25, -0.2) is 8.42 Å². The molecule has 2 atom stereocenters. The smallest absolute Gasteiger partial charge is 0.238 e. The lowest BCUT2D eigenvalue weighted by Crippen LogP contribution is -2.51. The number of benzene rings is 2. The first kappa shape index (κ1) is 22.8. The molecule has 156 valence electrons. The zero-order valence-corrected chi connectivity index (χ0v) is 18.0. The summed E-state index contributed by atoms with van der Waals surface area (Å²) in [6, 6.07) is 18.3. The standard InChI is InChI=1S/C23H30N2O3S/c1-18(2)22(25-29(27,28)17-16-21-12-8-5-9-13-21)23(26)24-19(3)14-15-20-10-6-4-7-11-20/h4-13,16-19,22,25H,14-15H2,1-3H3,(H,24,26)/b17-16+/t19?,22-/m0/s1. The summed E-state index contributed by atoms with van der Waals surface area (Å²) in [6.45, 7) is 5.58. The maximum Gasteiger partial charge on any atom is 0.238 e. The molecule has 2 aromatic rings. The van der Waals surface area contributed by atoms with Crippen LogP contribution in [-0.4, -0.2) is 26.4 Å². The van der Waals surface area contributed by atoms with Crippen LogP contribution in [0.2, 0.25) is 0 Å². The zero-order chi connectivity index (χ0) is 21.3. The number of carbonyl (C=O) groups excluding carboxylic acids is 1. The highest BCUT2D eigenvalue weighted by Crippen LogP contribution is 2.09. The van der Waals surface area contributed by atoms with Crippen molar-refractivity contribution in [3.05, 3.63) is 77.2 Å². The maximum absolute atomic E-state index is 12.7. The summed E-state index contributed by atoms with van der Waals surface area (Å²) in [4.78, 5) is 12.7. The minimum Gasteiger partial charge on any atom is -0.352 e. The van der Waals surface area contributed by atoms with Crippen molar-refractivity contribution in [1.29, 1.82) is 0 Å². The molecule has 0 aromatic heterocycles. The molecule has 0 saturated carbocycles. The van der Waals surface area contributed by atoms with Gasteiger partial charge < -0.3 is 5.32 Å². The Kier molecular flexibility index (Phi) is 8.61. The second-order valence-electron chi connectivity index (χ2n) is 7.53. The topological polar surface area (TPSA) is 75.3 Å². The van der Waals surface area contributed by atoms with Gasteiger partial charge in [0.1, 0.15) is 6.04 Å². The Morgan fingerprint density at radius 1 is 0.966 bits per heavy atom. The Morgan fingerprint density at radius 2 is 1.55 bits per heavy atom. The Bertz CT molecular complexity index is 894. The van der Waals surface area contributed by atoms with Crippen LogP contribution in [0.3, 0.4) is 0 Å². The highest BCUT2D eigenvalue weighted by molar-refractivity contribution is 7.92. The van der Waals surface area contributed by atoms with E-state index in [9.17, 15) is 13.2 Å². The highest BCUT2D eigenvalue weighted by Gasteiger charge is 2.27. The molecule has 0 fully saturated rings. The Hall–Kier alpha value is -2.44. The van der Waals surface area contributed by atoms with Crippen LogP contribution < -0.4 is 10.0 Å². The molecule has 29 heavy (non-hydrogen) atoms. The summed E-state index contributed by atoms with van der Waals surface area (Å²) in [5.41, 5.74) is 1.98. The predicted octanol–water partition coefficient (Wildman–Crippen LogP) is 3.74. The van der Waals surface area contributed by atoms with Gasteiger partial charge in [0.15, 0.2) is 0 Å². The van der Waals surface area contributed by atoms with Crippen molar-refractivity contribution in [2.45, 2.75) is 45.7 Å². The van der Waals surface area contributed by atoms with Crippen molar-refractivity contribution >= 4 is 22.0 Å². The van der Waals surface area contributed by atoms with E-state index in [4.69, 9.17) is 0 Å². The van der Waals surface area contributed by atoms with Crippen molar-refractivity contribution in [2.75, 3.05) is 0 Å². The SMILES string of the molecule is CC(CCc1ccccc1)NC(=O)[C@@H](NS(=O)(=O)/C=C/c1ccccc1)C(C)C. The molecule has 0 saturated heterocycles. The number of rotatable bonds is 10. The van der Waals surface area contributed by atoms with Crippen LogP contribution in [-0.2, 0) is 21.2 Å². The predicted molar refractivity (Wildman–Crippen MR) is 119 cm³/mol. The molecule has 0 aliphatic heterocycles. The molecule has 0 spiro atoms. The van der Waals surface area contributed by atoms with Crippen molar-refractivity contribution in [3.63, 3.8) is 0 Å². The summed E-state index contributed by atoms with van der Waals surface area (Å²) in [6.07, 6.45) is 3.14. The van der Waals surface area contributed by atoms with E-state index in [2.05, 4.69) is 22.2 Å². The van der Waals surface area contributed by atoms with E-state index in [0.717, 1.165) is 23.8 Å². The Morgan fingerprint density at radius 3 is 2.14 bits per heavy atom. The van der Waals surface area contributed by atoms with Gasteiger partial charge in [0, 0.05) is 11.4 Å². The highest BCUT2D eigenvalue weighted by atomic mass is 32.2. The molecular weight excluding hydrogens is 384 g/mol. The van der Waals surface area contributed by atoms with Crippen molar-refractivity contribution in [3.8, 4) is 0 Å². The third-order valence-corrected chi connectivity index (χ3v) is 5.65. The summed E-state index contributed by atoms with van der Waals surface area (Å²) in [5.74, 6) is -0.492. The van der Waals surface area contributed by atoms with Crippen LogP contribution in [0, 0.1) is 5.92 Å². The molecular formula is C23H30N2O3S. The van der Waals surface area contributed by atoms with Crippen LogP contribution in [0.15, 0.2) is 66.1 Å². The molecule has 0 heterocycles. The van der Waals surface area contributed by atoms with Gasteiger partial charge in [-0.05, 0) is 42.9 Å². The van der Waals surface area contributed by atoms with Gasteiger partial charge in [-0.1, -0.05) is 74.5 Å².